The second kappa shape index (κ2) is 12.5. The van der Waals surface area contributed by atoms with E-state index in [9.17, 15) is 9.59 Å². The standard InChI is InChI=1S/C33H45N7O5/c1-32(2,3)45-31(42)35-21-33(4)13-16-38(17-14-33)25-20-34-27-28(36-25)40(26-10-6-7-18-44-26)37-29(27)39-15-8-9-22-19-23(30(41)43-5)11-12-24(22)39/h11-12,19-20,26H,6-10,13-18,21H2,1-5H3,(H,35,42). The van der Waals surface area contributed by atoms with Crippen LogP contribution in [0.5, 0.6) is 0 Å². The van der Waals surface area contributed by atoms with Crippen LogP contribution in [0.3, 0.4) is 0 Å². The van der Waals surface area contributed by atoms with Gasteiger partial charge in [0.15, 0.2) is 23.2 Å². The Hall–Kier alpha value is -3.93. The van der Waals surface area contributed by atoms with Crippen LogP contribution in [0.4, 0.5) is 22.1 Å². The highest BCUT2D eigenvalue weighted by molar-refractivity contribution is 5.92. The number of piperidine rings is 1. The number of esters is 1. The Morgan fingerprint density at radius 2 is 1.93 bits per heavy atom. The van der Waals surface area contributed by atoms with E-state index in [-0.39, 0.29) is 23.7 Å². The van der Waals surface area contributed by atoms with Gasteiger partial charge in [0.05, 0.1) is 18.9 Å². The molecular formula is C33H45N7O5. The molecule has 242 valence electrons. The maximum absolute atomic E-state index is 12.3. The molecule has 1 N–H and O–H groups in total. The minimum Gasteiger partial charge on any atom is -0.465 e. The zero-order chi connectivity index (χ0) is 31.8. The molecule has 5 heterocycles. The molecule has 3 aromatic rings. The molecule has 45 heavy (non-hydrogen) atoms. The Morgan fingerprint density at radius 1 is 1.13 bits per heavy atom. The number of aromatic nitrogens is 4. The number of alkyl carbamates (subject to hydrolysis) is 1. The maximum atomic E-state index is 12.3. The summed E-state index contributed by atoms with van der Waals surface area (Å²) in [5, 5.41) is 8.08. The molecule has 0 saturated carbocycles. The monoisotopic (exact) mass is 619 g/mol. The zero-order valence-electron chi connectivity index (χ0n) is 27.1. The molecule has 0 radical (unpaired) electrons. The molecule has 1 atom stereocenters. The number of hydrogen-bond acceptors (Lipinski definition) is 10. The number of nitrogens with zero attached hydrogens (tertiary/aromatic N) is 6. The number of methoxy groups -OCH3 is 1. The van der Waals surface area contributed by atoms with Gasteiger partial charge in [-0.1, -0.05) is 6.92 Å². The third kappa shape index (κ3) is 6.70. The van der Waals surface area contributed by atoms with Crippen molar-refractivity contribution in [2.75, 3.05) is 49.7 Å². The first-order valence-corrected chi connectivity index (χ1v) is 16.1. The Bertz CT molecular complexity index is 1550. The molecule has 2 aromatic heterocycles. The second-order valence-electron chi connectivity index (χ2n) is 13.7. The number of amides is 1. The fourth-order valence-electron chi connectivity index (χ4n) is 6.45. The van der Waals surface area contributed by atoms with Crippen LogP contribution >= 0.6 is 0 Å². The number of rotatable bonds is 6. The third-order valence-corrected chi connectivity index (χ3v) is 9.03. The number of aryl methyl sites for hydroxylation is 1. The first kappa shape index (κ1) is 31.1. The van der Waals surface area contributed by atoms with E-state index in [0.717, 1.165) is 93.0 Å². The van der Waals surface area contributed by atoms with Crippen molar-refractivity contribution in [3.05, 3.63) is 35.5 Å². The molecule has 12 heteroatoms. The van der Waals surface area contributed by atoms with Gasteiger partial charge in [-0.2, -0.15) is 0 Å². The molecule has 1 aromatic carbocycles. The van der Waals surface area contributed by atoms with Crippen LogP contribution in [0, 0.1) is 5.41 Å². The number of ether oxygens (including phenoxy) is 3. The van der Waals surface area contributed by atoms with Crippen molar-refractivity contribution in [3.63, 3.8) is 0 Å². The van der Waals surface area contributed by atoms with Gasteiger partial charge < -0.3 is 29.3 Å². The van der Waals surface area contributed by atoms with Crippen molar-refractivity contribution in [2.45, 2.75) is 84.5 Å². The van der Waals surface area contributed by atoms with Gasteiger partial charge >= 0.3 is 12.1 Å². The number of nitrogens with one attached hydrogen (secondary N) is 1. The van der Waals surface area contributed by atoms with Crippen molar-refractivity contribution >= 4 is 40.5 Å². The highest BCUT2D eigenvalue weighted by Crippen LogP contribution is 2.39. The van der Waals surface area contributed by atoms with Crippen LogP contribution in [0.15, 0.2) is 24.4 Å². The van der Waals surface area contributed by atoms with Gasteiger partial charge in [-0.25, -0.2) is 24.2 Å². The normalized spacial score (nSPS) is 20.1. The lowest BCUT2D eigenvalue weighted by atomic mass is 9.80. The van der Waals surface area contributed by atoms with Crippen LogP contribution in [-0.2, 0) is 20.6 Å². The number of anilines is 3. The summed E-state index contributed by atoms with van der Waals surface area (Å²) >= 11 is 0. The SMILES string of the molecule is COC(=O)c1ccc2c(c1)CCCN2c1nn(C2CCCCO2)c2nc(N3CCC(C)(CNC(=O)OC(C)(C)C)CC3)cnc12. The number of hydrogen-bond donors (Lipinski definition) is 1. The van der Waals surface area contributed by atoms with Gasteiger partial charge in [0, 0.05) is 38.5 Å². The van der Waals surface area contributed by atoms with Gasteiger partial charge in [0.25, 0.3) is 0 Å². The van der Waals surface area contributed by atoms with E-state index >= 15 is 0 Å². The molecule has 12 nitrogen and oxygen atoms in total. The van der Waals surface area contributed by atoms with E-state index in [2.05, 4.69) is 22.0 Å². The molecule has 0 aliphatic carbocycles. The molecule has 3 aliphatic heterocycles. The summed E-state index contributed by atoms with van der Waals surface area (Å²) in [6.07, 6.45) is 7.85. The number of carbonyl (C=O) groups excluding carboxylic acids is 2. The molecule has 0 spiro atoms. The number of fused-ring (bicyclic) bond motifs is 2. The van der Waals surface area contributed by atoms with Gasteiger partial charge in [0.2, 0.25) is 0 Å². The van der Waals surface area contributed by atoms with E-state index in [1.165, 1.54) is 7.11 Å². The molecule has 2 saturated heterocycles. The van der Waals surface area contributed by atoms with E-state index in [0.29, 0.717) is 24.4 Å². The van der Waals surface area contributed by atoms with Crippen molar-refractivity contribution in [3.8, 4) is 0 Å². The molecule has 1 amide bonds. The Kier molecular flexibility index (Phi) is 8.60. The van der Waals surface area contributed by atoms with Gasteiger partial charge in [0.1, 0.15) is 11.4 Å². The van der Waals surface area contributed by atoms with Gasteiger partial charge in [-0.15, -0.1) is 5.10 Å². The molecule has 6 rings (SSSR count). The fraction of sp³-hybridized carbons (Fsp3) is 0.606. The lowest BCUT2D eigenvalue weighted by molar-refractivity contribution is -0.0368. The topological polar surface area (TPSA) is 124 Å². The molecular weight excluding hydrogens is 574 g/mol. The summed E-state index contributed by atoms with van der Waals surface area (Å²) in [6, 6.07) is 5.71. The lowest BCUT2D eigenvalue weighted by Gasteiger charge is -2.40. The minimum absolute atomic E-state index is 0.0365. The second-order valence-corrected chi connectivity index (χ2v) is 13.7. The Morgan fingerprint density at radius 3 is 2.64 bits per heavy atom. The first-order chi connectivity index (χ1) is 21.5. The van der Waals surface area contributed by atoms with Crippen molar-refractivity contribution in [1.29, 1.82) is 0 Å². The summed E-state index contributed by atoms with van der Waals surface area (Å²) in [6.45, 7) is 11.5. The van der Waals surface area contributed by atoms with Gasteiger partial charge in [-0.3, -0.25) is 0 Å². The van der Waals surface area contributed by atoms with E-state index in [4.69, 9.17) is 29.3 Å². The number of benzene rings is 1. The lowest BCUT2D eigenvalue weighted by Crippen LogP contribution is -2.46. The van der Waals surface area contributed by atoms with Crippen LogP contribution in [-0.4, -0.2) is 77.3 Å². The van der Waals surface area contributed by atoms with E-state index < -0.39 is 5.60 Å². The highest BCUT2D eigenvalue weighted by atomic mass is 16.6. The quantitative estimate of drug-likeness (QED) is 0.352. The van der Waals surface area contributed by atoms with Crippen molar-refractivity contribution in [2.24, 2.45) is 5.41 Å². The zero-order valence-corrected chi connectivity index (χ0v) is 27.1. The predicted molar refractivity (Wildman–Crippen MR) is 171 cm³/mol. The average molecular weight is 620 g/mol. The Balaban J connectivity index is 1.26. The summed E-state index contributed by atoms with van der Waals surface area (Å²) in [4.78, 5) is 39.1. The summed E-state index contributed by atoms with van der Waals surface area (Å²) < 4.78 is 18.5. The van der Waals surface area contributed by atoms with Gasteiger partial charge in [-0.05, 0) is 94.9 Å². The smallest absolute Gasteiger partial charge is 0.407 e. The van der Waals surface area contributed by atoms with Crippen LogP contribution in [0.25, 0.3) is 11.2 Å². The summed E-state index contributed by atoms with van der Waals surface area (Å²) in [5.74, 6) is 1.23. The molecule has 1 unspecified atom stereocenters. The first-order valence-electron chi connectivity index (χ1n) is 16.1. The minimum atomic E-state index is -0.522. The van der Waals surface area contributed by atoms with E-state index in [1.54, 1.807) is 0 Å². The number of carbonyl (C=O) groups is 2. The van der Waals surface area contributed by atoms with Crippen molar-refractivity contribution in [1.82, 2.24) is 25.1 Å². The predicted octanol–water partition coefficient (Wildman–Crippen LogP) is 5.53. The highest BCUT2D eigenvalue weighted by Gasteiger charge is 2.33. The largest absolute Gasteiger partial charge is 0.465 e. The van der Waals surface area contributed by atoms with E-state index in [1.807, 2.05) is 49.8 Å². The van der Waals surface area contributed by atoms with Crippen LogP contribution < -0.4 is 15.1 Å². The molecule has 2 fully saturated rings. The summed E-state index contributed by atoms with van der Waals surface area (Å²) in [7, 11) is 1.40. The average Bonchev–Trinajstić information content (AvgIpc) is 3.41. The van der Waals surface area contributed by atoms with Crippen molar-refractivity contribution < 1.29 is 23.8 Å². The third-order valence-electron chi connectivity index (χ3n) is 9.03. The molecule has 0 bridgehead atoms. The molecule has 3 aliphatic rings. The van der Waals surface area contributed by atoms with Crippen LogP contribution in [0.2, 0.25) is 0 Å². The fourth-order valence-corrected chi connectivity index (χ4v) is 6.45. The maximum Gasteiger partial charge on any atom is 0.407 e. The summed E-state index contributed by atoms with van der Waals surface area (Å²) in [5.41, 5.74) is 3.55. The van der Waals surface area contributed by atoms with Crippen LogP contribution in [0.1, 0.15) is 88.4 Å². The Labute approximate surface area is 264 Å².